The predicted molar refractivity (Wildman–Crippen MR) is 180 cm³/mol. The van der Waals surface area contributed by atoms with Crippen LogP contribution in [0.2, 0.25) is 0 Å². The lowest BCUT2D eigenvalue weighted by molar-refractivity contribution is -0.431. The summed E-state index contributed by atoms with van der Waals surface area (Å²) in [7, 11) is 0. The molecular weight excluding hydrogens is 644 g/mol. The molecule has 11 nitrogen and oxygen atoms in total. The SMILES string of the molecule is C=C(C)[C@@]12O[C@@]3(CCCCCCCCC)O[C@@H]1[C@@H]1[C@@H]4O[C@]4(CO)[C@@H](O)[C@]4(O)C(=O)C(C)=C[C@H]4[C@@]1(O3)[C@H](C)[C@H]2OC(=O)/C=C/c1ccc(O)cc1. The fraction of sp³-hybridized carbons (Fsp3) is 0.641. The Morgan fingerprint density at radius 2 is 1.72 bits per heavy atom. The van der Waals surface area contributed by atoms with Crippen LogP contribution in [-0.2, 0) is 33.3 Å². The first-order valence-electron chi connectivity index (χ1n) is 18.1. The Morgan fingerprint density at radius 1 is 1.04 bits per heavy atom. The fourth-order valence-corrected chi connectivity index (χ4v) is 9.95. The first-order valence-corrected chi connectivity index (χ1v) is 18.1. The second-order valence-corrected chi connectivity index (χ2v) is 15.4. The van der Waals surface area contributed by atoms with E-state index in [4.69, 9.17) is 23.7 Å². The number of aliphatic hydroxyl groups is 3. The van der Waals surface area contributed by atoms with Crippen LogP contribution >= 0.6 is 0 Å². The lowest BCUT2D eigenvalue weighted by Gasteiger charge is -2.61. The van der Waals surface area contributed by atoms with E-state index in [9.17, 15) is 30.0 Å². The van der Waals surface area contributed by atoms with Crippen LogP contribution in [0.15, 0.2) is 54.1 Å². The van der Waals surface area contributed by atoms with Crippen LogP contribution in [0, 0.1) is 17.8 Å². The van der Waals surface area contributed by atoms with Crippen molar-refractivity contribution < 1.29 is 53.7 Å². The zero-order valence-corrected chi connectivity index (χ0v) is 29.3. The molecule has 0 spiro atoms. The molecule has 0 radical (unpaired) electrons. The third-order valence-corrected chi connectivity index (χ3v) is 12.4. The van der Waals surface area contributed by atoms with Gasteiger partial charge in [-0.2, -0.15) is 0 Å². The average molecular weight is 695 g/mol. The van der Waals surface area contributed by atoms with E-state index < -0.39 is 88.9 Å². The first kappa shape index (κ1) is 35.5. The molecule has 0 amide bonds. The van der Waals surface area contributed by atoms with Gasteiger partial charge in [0, 0.05) is 30.3 Å². The minimum absolute atomic E-state index is 0.0971. The number of ether oxygens (including phenoxy) is 5. The molecule has 5 fully saturated rings. The number of esters is 1. The molecule has 50 heavy (non-hydrogen) atoms. The molecule has 6 aliphatic rings. The highest BCUT2D eigenvalue weighted by atomic mass is 16.9. The largest absolute Gasteiger partial charge is 0.508 e. The summed E-state index contributed by atoms with van der Waals surface area (Å²) < 4.78 is 33.5. The summed E-state index contributed by atoms with van der Waals surface area (Å²) in [6, 6.07) is 6.35. The summed E-state index contributed by atoms with van der Waals surface area (Å²) in [4.78, 5) is 27.6. The Balaban J connectivity index is 1.32. The maximum Gasteiger partial charge on any atom is 0.331 e. The molecule has 3 aliphatic carbocycles. The number of hydrogen-bond donors (Lipinski definition) is 4. The number of Topliss-reactive ketones (excluding diaryl/α,β-unsaturated/α-hetero) is 1. The van der Waals surface area contributed by atoms with Crippen molar-refractivity contribution in [2.45, 2.75) is 132 Å². The Hall–Kier alpha value is -2.90. The second kappa shape index (κ2) is 12.4. The standard InChI is InChI=1S/C39H50O11/c1-6-7-8-9-10-11-12-19-36-48-33-29-32-35(21-40,47-32)34(44)37(45)27(20-23(4)30(37)43)39(29,50-36)24(5)31(38(33,49-36)22(2)3)46-28(42)18-15-25-13-16-26(41)17-14-25/h13-18,20,24,27,29,31-34,40-41,44-45H,2,6-12,19,21H2,1,3-5H3/b18-15+/t24-,27-,29+,31-,32+,33-,34-,35+,36-,37-,38+,39+/m1/s1. The van der Waals surface area contributed by atoms with Crippen LogP contribution in [0.5, 0.6) is 5.75 Å². The monoisotopic (exact) mass is 694 g/mol. The van der Waals surface area contributed by atoms with Crippen molar-refractivity contribution in [3.05, 3.63) is 59.7 Å². The van der Waals surface area contributed by atoms with Crippen molar-refractivity contribution in [2.24, 2.45) is 17.8 Å². The van der Waals surface area contributed by atoms with Crippen molar-refractivity contribution >= 4 is 17.8 Å². The van der Waals surface area contributed by atoms with Gasteiger partial charge < -0.3 is 44.1 Å². The maximum absolute atomic E-state index is 13.9. The number of phenolic OH excluding ortho intramolecular Hbond substituents is 1. The quantitative estimate of drug-likeness (QED) is 0.0767. The smallest absolute Gasteiger partial charge is 0.331 e. The van der Waals surface area contributed by atoms with Gasteiger partial charge in [-0.3, -0.25) is 4.79 Å². The van der Waals surface area contributed by atoms with Crippen LogP contribution in [0.3, 0.4) is 0 Å². The van der Waals surface area contributed by atoms with E-state index in [1.54, 1.807) is 38.1 Å². The second-order valence-electron chi connectivity index (χ2n) is 15.4. The summed E-state index contributed by atoms with van der Waals surface area (Å²) in [5.74, 6) is -5.54. The zero-order valence-electron chi connectivity index (χ0n) is 29.3. The lowest BCUT2D eigenvalue weighted by atomic mass is 9.53. The summed E-state index contributed by atoms with van der Waals surface area (Å²) in [5.41, 5.74) is -5.56. The summed E-state index contributed by atoms with van der Waals surface area (Å²) in [5, 5.41) is 44.7. The van der Waals surface area contributed by atoms with Gasteiger partial charge in [0.15, 0.2) is 17.0 Å². The van der Waals surface area contributed by atoms with Crippen molar-refractivity contribution in [3.63, 3.8) is 0 Å². The Labute approximate surface area is 292 Å². The molecule has 3 aliphatic heterocycles. The Bertz CT molecular complexity index is 1600. The molecule has 1 aromatic carbocycles. The summed E-state index contributed by atoms with van der Waals surface area (Å²) in [6.07, 6.45) is 7.47. The number of fused-ring (bicyclic) bond motifs is 3. The number of carbonyl (C=O) groups is 2. The van der Waals surface area contributed by atoms with E-state index in [-0.39, 0.29) is 11.3 Å². The highest BCUT2D eigenvalue weighted by Gasteiger charge is 2.90. The highest BCUT2D eigenvalue weighted by Crippen LogP contribution is 2.73. The van der Waals surface area contributed by atoms with Gasteiger partial charge in [-0.1, -0.05) is 77.2 Å². The number of unbranched alkanes of at least 4 members (excludes halogenated alkanes) is 6. The van der Waals surface area contributed by atoms with Crippen LogP contribution in [-0.4, -0.2) is 91.6 Å². The number of hydrogen-bond acceptors (Lipinski definition) is 11. The number of epoxide rings is 1. The number of carbonyl (C=O) groups excluding carboxylic acids is 2. The first-order chi connectivity index (χ1) is 23.8. The van der Waals surface area contributed by atoms with E-state index in [0.717, 1.165) is 25.7 Å². The molecule has 272 valence electrons. The number of benzene rings is 1. The number of aromatic hydroxyl groups is 1. The molecule has 11 heteroatoms. The Kier molecular flexibility index (Phi) is 8.78. The molecule has 0 unspecified atom stereocenters. The van der Waals surface area contributed by atoms with E-state index in [2.05, 4.69) is 13.5 Å². The van der Waals surface area contributed by atoms with Gasteiger partial charge in [-0.15, -0.1) is 0 Å². The van der Waals surface area contributed by atoms with Crippen molar-refractivity contribution in [1.29, 1.82) is 0 Å². The molecule has 2 saturated carbocycles. The van der Waals surface area contributed by atoms with Gasteiger partial charge in [0.25, 0.3) is 5.97 Å². The fourth-order valence-electron chi connectivity index (χ4n) is 9.95. The molecule has 3 saturated heterocycles. The van der Waals surface area contributed by atoms with Crippen LogP contribution < -0.4 is 0 Å². The van der Waals surface area contributed by atoms with Gasteiger partial charge in [-0.05, 0) is 55.2 Å². The van der Waals surface area contributed by atoms with Gasteiger partial charge in [0.2, 0.25) is 0 Å². The van der Waals surface area contributed by atoms with Gasteiger partial charge >= 0.3 is 5.97 Å². The number of rotatable bonds is 13. The van der Waals surface area contributed by atoms with Gasteiger partial charge in [-0.25, -0.2) is 4.79 Å². The predicted octanol–water partition coefficient (Wildman–Crippen LogP) is 4.26. The zero-order chi connectivity index (χ0) is 35.9. The molecular formula is C39H50O11. The molecule has 4 N–H and O–H groups in total. The van der Waals surface area contributed by atoms with Crippen LogP contribution in [0.1, 0.15) is 84.6 Å². The Morgan fingerprint density at radius 3 is 2.38 bits per heavy atom. The average Bonchev–Trinajstić information content (AvgIpc) is 3.72. The topological polar surface area (TPSA) is 165 Å². The molecule has 3 heterocycles. The van der Waals surface area contributed by atoms with Crippen molar-refractivity contribution in [1.82, 2.24) is 0 Å². The lowest BCUT2D eigenvalue weighted by Crippen LogP contribution is -2.76. The van der Waals surface area contributed by atoms with E-state index in [0.29, 0.717) is 24.0 Å². The minimum atomic E-state index is -2.40. The molecule has 0 aromatic heterocycles. The van der Waals surface area contributed by atoms with E-state index in [1.165, 1.54) is 31.1 Å². The third kappa shape index (κ3) is 4.81. The van der Waals surface area contributed by atoms with Gasteiger partial charge in [0.1, 0.15) is 35.8 Å². The number of phenols is 1. The van der Waals surface area contributed by atoms with Crippen LogP contribution in [0.25, 0.3) is 6.08 Å². The molecule has 3 bridgehead atoms. The van der Waals surface area contributed by atoms with Crippen LogP contribution in [0.4, 0.5) is 0 Å². The summed E-state index contributed by atoms with van der Waals surface area (Å²) in [6.45, 7) is 11.1. The minimum Gasteiger partial charge on any atom is -0.508 e. The normalized spacial score (nSPS) is 43.6. The molecule has 1 aromatic rings. The van der Waals surface area contributed by atoms with Crippen molar-refractivity contribution in [2.75, 3.05) is 6.61 Å². The molecule has 7 rings (SSSR count). The highest BCUT2D eigenvalue weighted by molar-refractivity contribution is 6.05. The van der Waals surface area contributed by atoms with E-state index >= 15 is 0 Å². The van der Waals surface area contributed by atoms with Crippen molar-refractivity contribution in [3.8, 4) is 5.75 Å². The summed E-state index contributed by atoms with van der Waals surface area (Å²) >= 11 is 0. The van der Waals surface area contributed by atoms with E-state index in [1.807, 2.05) is 6.92 Å². The number of ketones is 1. The molecule has 12 atom stereocenters. The number of aliphatic hydroxyl groups excluding tert-OH is 2. The maximum atomic E-state index is 13.9. The third-order valence-electron chi connectivity index (χ3n) is 12.4. The van der Waals surface area contributed by atoms with Gasteiger partial charge in [0.05, 0.1) is 12.2 Å².